The molecule has 20 heavy (non-hydrogen) atoms. The van der Waals surface area contributed by atoms with Gasteiger partial charge in [-0.1, -0.05) is 12.1 Å². The molecule has 1 N–H and O–H groups in total. The minimum absolute atomic E-state index is 0. The van der Waals surface area contributed by atoms with Gasteiger partial charge >= 0.3 is 0 Å². The molecule has 2 aliphatic heterocycles. The van der Waals surface area contributed by atoms with E-state index in [0.717, 1.165) is 31.1 Å². The van der Waals surface area contributed by atoms with E-state index in [9.17, 15) is 4.79 Å². The molecule has 1 aromatic carbocycles. The van der Waals surface area contributed by atoms with E-state index in [1.807, 2.05) is 41.9 Å². The summed E-state index contributed by atoms with van der Waals surface area (Å²) in [6.45, 7) is 3.31. The smallest absolute Gasteiger partial charge is 0.241 e. The van der Waals surface area contributed by atoms with Gasteiger partial charge in [0.2, 0.25) is 5.91 Å². The van der Waals surface area contributed by atoms with Crippen molar-refractivity contribution in [3.63, 3.8) is 0 Å². The number of hydrogen-bond acceptors (Lipinski definition) is 4. The quantitative estimate of drug-likeness (QED) is 0.916. The molecule has 1 aromatic rings. The number of amides is 1. The normalized spacial score (nSPS) is 18.2. The first-order chi connectivity index (χ1) is 9.25. The molecule has 0 atom stereocenters. The van der Waals surface area contributed by atoms with Crippen molar-refractivity contribution in [2.75, 3.05) is 43.9 Å². The molecule has 1 saturated heterocycles. The van der Waals surface area contributed by atoms with Crippen LogP contribution in [0.3, 0.4) is 0 Å². The van der Waals surface area contributed by atoms with Crippen LogP contribution in [-0.4, -0.2) is 55.8 Å². The fourth-order valence-electron chi connectivity index (χ4n) is 2.44. The highest BCUT2D eigenvalue weighted by Gasteiger charge is 2.27. The number of nitrogens with one attached hydrogen (secondary N) is 1. The lowest BCUT2D eigenvalue weighted by Crippen LogP contribution is -2.58. The van der Waals surface area contributed by atoms with Crippen LogP contribution in [0.25, 0.3) is 0 Å². The maximum Gasteiger partial charge on any atom is 0.241 e. The van der Waals surface area contributed by atoms with Crippen LogP contribution in [0.4, 0.5) is 5.69 Å². The summed E-state index contributed by atoms with van der Waals surface area (Å²) >= 11 is 1.83. The highest BCUT2D eigenvalue weighted by molar-refractivity contribution is 7.99. The third-order valence-corrected chi connectivity index (χ3v) is 4.84. The molecular formula is C14H20ClN3OS. The van der Waals surface area contributed by atoms with E-state index in [2.05, 4.69) is 16.3 Å². The van der Waals surface area contributed by atoms with Crippen molar-refractivity contribution in [1.29, 1.82) is 0 Å². The van der Waals surface area contributed by atoms with Crippen molar-refractivity contribution in [3.05, 3.63) is 24.3 Å². The first-order valence-electron chi connectivity index (χ1n) is 6.69. The van der Waals surface area contributed by atoms with Crippen LogP contribution in [0.1, 0.15) is 0 Å². The molecule has 110 valence electrons. The Labute approximate surface area is 130 Å². The van der Waals surface area contributed by atoms with Gasteiger partial charge in [0.05, 0.1) is 12.2 Å². The third-order valence-electron chi connectivity index (χ3n) is 3.80. The topological polar surface area (TPSA) is 35.6 Å². The van der Waals surface area contributed by atoms with Crippen molar-refractivity contribution >= 4 is 35.8 Å². The molecule has 1 fully saturated rings. The van der Waals surface area contributed by atoms with Gasteiger partial charge in [-0.05, 0) is 19.2 Å². The summed E-state index contributed by atoms with van der Waals surface area (Å²) in [4.78, 5) is 17.8. The van der Waals surface area contributed by atoms with Crippen molar-refractivity contribution in [2.45, 2.75) is 10.9 Å². The van der Waals surface area contributed by atoms with Crippen LogP contribution in [0.5, 0.6) is 0 Å². The first-order valence-corrected chi connectivity index (χ1v) is 7.67. The zero-order valence-corrected chi connectivity index (χ0v) is 13.2. The van der Waals surface area contributed by atoms with Crippen LogP contribution in [0.15, 0.2) is 29.2 Å². The Bertz CT molecular complexity index is 481. The Balaban J connectivity index is 0.00000147. The molecule has 2 heterocycles. The van der Waals surface area contributed by atoms with E-state index in [-0.39, 0.29) is 18.3 Å². The Morgan fingerprint density at radius 1 is 1.45 bits per heavy atom. The lowest BCUT2D eigenvalue weighted by Gasteiger charge is -2.37. The fraction of sp³-hybridized carbons (Fsp3) is 0.500. The summed E-state index contributed by atoms with van der Waals surface area (Å²) < 4.78 is 0. The number of halogens is 1. The SMILES string of the molecule is CN(CC(=O)N1CCSc2ccccc21)C1CNC1.Cl. The molecule has 1 amide bonds. The van der Waals surface area contributed by atoms with Crippen molar-refractivity contribution < 1.29 is 4.79 Å². The fourth-order valence-corrected chi connectivity index (χ4v) is 3.44. The standard InChI is InChI=1S/C14H19N3OS.ClH/c1-16(11-8-15-9-11)10-14(18)17-6-7-19-13-5-3-2-4-12(13)17;/h2-5,11,15H,6-10H2,1H3;1H. The largest absolute Gasteiger partial charge is 0.314 e. The summed E-state index contributed by atoms with van der Waals surface area (Å²) in [6, 6.07) is 8.69. The van der Waals surface area contributed by atoms with Crippen LogP contribution in [0.2, 0.25) is 0 Å². The molecule has 6 heteroatoms. The number of hydrogen-bond donors (Lipinski definition) is 1. The second-order valence-electron chi connectivity index (χ2n) is 5.09. The van der Waals surface area contributed by atoms with Gasteiger partial charge in [0.1, 0.15) is 0 Å². The van der Waals surface area contributed by atoms with E-state index in [4.69, 9.17) is 0 Å². The molecule has 0 aliphatic carbocycles. The summed E-state index contributed by atoms with van der Waals surface area (Å²) in [5, 5.41) is 3.24. The number of carbonyl (C=O) groups excluding carboxylic acids is 1. The summed E-state index contributed by atoms with van der Waals surface area (Å²) in [7, 11) is 2.04. The van der Waals surface area contributed by atoms with Crippen molar-refractivity contribution in [3.8, 4) is 0 Å². The molecule has 3 rings (SSSR count). The Kier molecular flexibility index (Phi) is 5.32. The molecule has 2 aliphatic rings. The highest BCUT2D eigenvalue weighted by Crippen LogP contribution is 2.34. The molecule has 0 spiro atoms. The predicted octanol–water partition coefficient (Wildman–Crippen LogP) is 1.45. The van der Waals surface area contributed by atoms with Crippen molar-refractivity contribution in [2.24, 2.45) is 0 Å². The zero-order chi connectivity index (χ0) is 13.2. The predicted molar refractivity (Wildman–Crippen MR) is 86.1 cm³/mol. The van der Waals surface area contributed by atoms with Gasteiger partial charge in [-0.15, -0.1) is 24.2 Å². The Hall–Kier alpha value is -0.750. The highest BCUT2D eigenvalue weighted by atomic mass is 35.5. The number of nitrogens with zero attached hydrogens (tertiary/aromatic N) is 2. The van der Waals surface area contributed by atoms with Gasteiger partial charge < -0.3 is 10.2 Å². The molecule has 4 nitrogen and oxygen atoms in total. The van der Waals surface area contributed by atoms with Gasteiger partial charge in [-0.2, -0.15) is 0 Å². The van der Waals surface area contributed by atoms with Gasteiger partial charge in [0, 0.05) is 36.3 Å². The monoisotopic (exact) mass is 313 g/mol. The van der Waals surface area contributed by atoms with Crippen LogP contribution >= 0.6 is 24.2 Å². The molecule has 0 aromatic heterocycles. The number of rotatable bonds is 3. The van der Waals surface area contributed by atoms with E-state index >= 15 is 0 Å². The van der Waals surface area contributed by atoms with Crippen LogP contribution in [0, 0.1) is 0 Å². The summed E-state index contributed by atoms with van der Waals surface area (Å²) in [5.41, 5.74) is 1.07. The molecular weight excluding hydrogens is 294 g/mol. The number of carbonyl (C=O) groups is 1. The third kappa shape index (κ3) is 3.11. The lowest BCUT2D eigenvalue weighted by molar-refractivity contribution is -0.120. The number of thioether (sulfide) groups is 1. The Morgan fingerprint density at radius 3 is 2.90 bits per heavy atom. The molecule has 0 unspecified atom stereocenters. The van der Waals surface area contributed by atoms with Crippen LogP contribution < -0.4 is 10.2 Å². The average Bonchev–Trinajstić information content (AvgIpc) is 2.35. The van der Waals surface area contributed by atoms with E-state index < -0.39 is 0 Å². The van der Waals surface area contributed by atoms with Gasteiger partial charge in [-0.3, -0.25) is 9.69 Å². The van der Waals surface area contributed by atoms with Crippen molar-refractivity contribution in [1.82, 2.24) is 10.2 Å². The number of likely N-dealkylation sites (N-methyl/N-ethyl adjacent to an activating group) is 1. The zero-order valence-electron chi connectivity index (χ0n) is 11.5. The number of fused-ring (bicyclic) bond motifs is 1. The Morgan fingerprint density at radius 2 is 2.20 bits per heavy atom. The molecule has 0 bridgehead atoms. The maximum absolute atomic E-state index is 12.5. The van der Waals surface area contributed by atoms with Gasteiger partial charge in [-0.25, -0.2) is 0 Å². The average molecular weight is 314 g/mol. The van der Waals surface area contributed by atoms with E-state index in [0.29, 0.717) is 12.6 Å². The number of anilines is 1. The van der Waals surface area contributed by atoms with E-state index in [1.54, 1.807) is 0 Å². The number of benzene rings is 1. The molecule has 0 saturated carbocycles. The summed E-state index contributed by atoms with van der Waals surface area (Å²) in [5.74, 6) is 1.19. The second-order valence-corrected chi connectivity index (χ2v) is 6.23. The second kappa shape index (κ2) is 6.80. The van der Waals surface area contributed by atoms with E-state index in [1.165, 1.54) is 4.90 Å². The maximum atomic E-state index is 12.5. The summed E-state index contributed by atoms with van der Waals surface area (Å²) in [6.07, 6.45) is 0. The number of para-hydroxylation sites is 1. The minimum Gasteiger partial charge on any atom is -0.314 e. The minimum atomic E-state index is 0. The van der Waals surface area contributed by atoms with Gasteiger partial charge in [0.15, 0.2) is 0 Å². The van der Waals surface area contributed by atoms with Crippen LogP contribution in [-0.2, 0) is 4.79 Å². The first kappa shape index (κ1) is 15.6. The lowest BCUT2D eigenvalue weighted by atomic mass is 10.1. The van der Waals surface area contributed by atoms with Gasteiger partial charge in [0.25, 0.3) is 0 Å². The molecule has 0 radical (unpaired) electrons.